The number of methoxy groups -OCH3 is 1. The van der Waals surface area contributed by atoms with Crippen LogP contribution in [-0.4, -0.2) is 26.3 Å². The monoisotopic (exact) mass is 421 g/mol. The largest absolute Gasteiger partial charge is 0.494 e. The third-order valence-corrected chi connectivity index (χ3v) is 6.29. The number of pyridine rings is 1. The Morgan fingerprint density at radius 1 is 0.933 bits per heavy atom. The van der Waals surface area contributed by atoms with Gasteiger partial charge >= 0.3 is 0 Å². The van der Waals surface area contributed by atoms with Gasteiger partial charge in [0.2, 0.25) is 10.0 Å². The van der Waals surface area contributed by atoms with Crippen molar-refractivity contribution >= 4 is 48.9 Å². The average Bonchev–Trinajstić information content (AvgIpc) is 2.74. The molecule has 154 valence electrons. The van der Waals surface area contributed by atoms with Gasteiger partial charge in [-0.25, -0.2) is 13.4 Å². The van der Waals surface area contributed by atoms with Crippen molar-refractivity contribution in [2.24, 2.45) is 0 Å². The van der Waals surface area contributed by atoms with E-state index in [4.69, 9.17) is 9.72 Å². The van der Waals surface area contributed by atoms with Crippen molar-refractivity contribution in [2.45, 2.75) is 13.3 Å². The number of rotatable bonds is 7. The van der Waals surface area contributed by atoms with E-state index in [0.29, 0.717) is 17.9 Å². The highest BCUT2D eigenvalue weighted by atomic mass is 32.2. The summed E-state index contributed by atoms with van der Waals surface area (Å²) < 4.78 is 32.3. The highest BCUT2D eigenvalue weighted by molar-refractivity contribution is 7.92. The van der Waals surface area contributed by atoms with Crippen LogP contribution in [0.1, 0.15) is 13.3 Å². The molecule has 0 saturated heterocycles. The second kappa shape index (κ2) is 8.20. The number of hydrogen-bond donors (Lipinski definition) is 2. The van der Waals surface area contributed by atoms with Crippen molar-refractivity contribution < 1.29 is 13.2 Å². The molecule has 0 aliphatic rings. The van der Waals surface area contributed by atoms with Gasteiger partial charge in [0.05, 0.1) is 41.0 Å². The summed E-state index contributed by atoms with van der Waals surface area (Å²) in [6.07, 6.45) is 0.550. The Hall–Kier alpha value is -3.32. The summed E-state index contributed by atoms with van der Waals surface area (Å²) in [4.78, 5) is 4.75. The number of benzene rings is 3. The van der Waals surface area contributed by atoms with Crippen molar-refractivity contribution in [3.05, 3.63) is 66.7 Å². The minimum atomic E-state index is -3.37. The van der Waals surface area contributed by atoms with Crippen molar-refractivity contribution in [2.75, 3.05) is 22.9 Å². The van der Waals surface area contributed by atoms with E-state index in [1.54, 1.807) is 19.2 Å². The quantitative estimate of drug-likeness (QED) is 0.396. The van der Waals surface area contributed by atoms with E-state index < -0.39 is 10.0 Å². The number of aromatic nitrogens is 1. The number of ether oxygens (including phenoxy) is 1. The van der Waals surface area contributed by atoms with Gasteiger partial charge in [-0.15, -0.1) is 0 Å². The fraction of sp³-hybridized carbons (Fsp3) is 0.174. The Morgan fingerprint density at radius 3 is 2.17 bits per heavy atom. The summed E-state index contributed by atoms with van der Waals surface area (Å²) in [5, 5.41) is 5.47. The third kappa shape index (κ3) is 4.02. The van der Waals surface area contributed by atoms with Crippen LogP contribution < -0.4 is 14.8 Å². The molecule has 3 aromatic carbocycles. The Bertz CT molecular complexity index is 1270. The summed E-state index contributed by atoms with van der Waals surface area (Å²) in [6.45, 7) is 1.83. The molecule has 0 radical (unpaired) electrons. The van der Waals surface area contributed by atoms with E-state index in [2.05, 4.69) is 10.0 Å². The zero-order valence-electron chi connectivity index (χ0n) is 16.8. The van der Waals surface area contributed by atoms with Crippen molar-refractivity contribution in [1.82, 2.24) is 4.98 Å². The Morgan fingerprint density at radius 2 is 1.57 bits per heavy atom. The summed E-state index contributed by atoms with van der Waals surface area (Å²) in [5.74, 6) is 0.612. The second-order valence-electron chi connectivity index (χ2n) is 6.98. The van der Waals surface area contributed by atoms with Crippen molar-refractivity contribution in [1.29, 1.82) is 0 Å². The molecule has 2 N–H and O–H groups in total. The first-order valence-corrected chi connectivity index (χ1v) is 11.4. The van der Waals surface area contributed by atoms with Crippen LogP contribution in [0.4, 0.5) is 17.1 Å². The van der Waals surface area contributed by atoms with Gasteiger partial charge in [0.15, 0.2) is 0 Å². The van der Waals surface area contributed by atoms with Crippen molar-refractivity contribution in [3.63, 3.8) is 0 Å². The van der Waals surface area contributed by atoms with Crippen LogP contribution in [0, 0.1) is 0 Å². The minimum absolute atomic E-state index is 0.0737. The van der Waals surface area contributed by atoms with E-state index in [-0.39, 0.29) is 5.75 Å². The predicted molar refractivity (Wildman–Crippen MR) is 123 cm³/mol. The number of nitrogens with one attached hydrogen (secondary N) is 2. The number of hydrogen-bond acceptors (Lipinski definition) is 5. The average molecular weight is 422 g/mol. The van der Waals surface area contributed by atoms with Gasteiger partial charge in [0.25, 0.3) is 0 Å². The fourth-order valence-electron chi connectivity index (χ4n) is 3.47. The van der Waals surface area contributed by atoms with E-state index in [9.17, 15) is 8.42 Å². The van der Waals surface area contributed by atoms with Crippen LogP contribution in [0.5, 0.6) is 5.75 Å². The van der Waals surface area contributed by atoms with Gasteiger partial charge in [-0.1, -0.05) is 43.3 Å². The second-order valence-corrected chi connectivity index (χ2v) is 8.82. The number of sulfonamides is 1. The predicted octanol–water partition coefficient (Wildman–Crippen LogP) is 5.29. The van der Waals surface area contributed by atoms with Crippen LogP contribution in [0.15, 0.2) is 66.7 Å². The van der Waals surface area contributed by atoms with Crippen LogP contribution >= 0.6 is 0 Å². The number of nitrogens with zero attached hydrogens (tertiary/aromatic N) is 1. The molecule has 0 amide bonds. The SMILES string of the molecule is CCCS(=O)(=O)Nc1ccc(Nc2c3ccccc3nc3ccccc23)c(OC)c1. The highest BCUT2D eigenvalue weighted by Crippen LogP contribution is 2.37. The molecule has 0 spiro atoms. The molecule has 0 unspecified atom stereocenters. The van der Waals surface area contributed by atoms with E-state index >= 15 is 0 Å². The number of anilines is 3. The first kappa shape index (κ1) is 20.0. The molecule has 1 heterocycles. The van der Waals surface area contributed by atoms with Crippen LogP contribution in [0.2, 0.25) is 0 Å². The fourth-order valence-corrected chi connectivity index (χ4v) is 4.59. The summed E-state index contributed by atoms with van der Waals surface area (Å²) in [7, 11) is -1.81. The van der Waals surface area contributed by atoms with E-state index in [1.807, 2.05) is 61.5 Å². The molecule has 7 heteroatoms. The maximum absolute atomic E-state index is 12.1. The zero-order valence-corrected chi connectivity index (χ0v) is 17.7. The van der Waals surface area contributed by atoms with Crippen molar-refractivity contribution in [3.8, 4) is 5.75 Å². The molecule has 0 atom stereocenters. The highest BCUT2D eigenvalue weighted by Gasteiger charge is 2.14. The Kier molecular flexibility index (Phi) is 5.46. The Balaban J connectivity index is 1.78. The molecular weight excluding hydrogens is 398 g/mol. The lowest BCUT2D eigenvalue weighted by Gasteiger charge is -2.17. The first-order chi connectivity index (χ1) is 14.5. The van der Waals surface area contributed by atoms with Crippen LogP contribution in [-0.2, 0) is 10.0 Å². The molecule has 4 rings (SSSR count). The Labute approximate surface area is 176 Å². The van der Waals surface area contributed by atoms with Gasteiger partial charge in [-0.05, 0) is 30.7 Å². The van der Waals surface area contributed by atoms with Gasteiger partial charge in [-0.3, -0.25) is 4.72 Å². The third-order valence-electron chi connectivity index (χ3n) is 4.80. The normalized spacial score (nSPS) is 11.5. The summed E-state index contributed by atoms with van der Waals surface area (Å²) in [5.41, 5.74) is 3.91. The summed E-state index contributed by atoms with van der Waals surface area (Å²) in [6, 6.07) is 21.1. The van der Waals surface area contributed by atoms with Gasteiger partial charge < -0.3 is 10.1 Å². The van der Waals surface area contributed by atoms with Gasteiger partial charge in [-0.2, -0.15) is 0 Å². The molecule has 0 bridgehead atoms. The molecule has 1 aromatic heterocycles. The topological polar surface area (TPSA) is 80.3 Å². The molecule has 0 saturated carbocycles. The van der Waals surface area contributed by atoms with E-state index in [1.165, 1.54) is 0 Å². The lowest BCUT2D eigenvalue weighted by molar-refractivity contribution is 0.417. The first-order valence-electron chi connectivity index (χ1n) is 9.74. The smallest absolute Gasteiger partial charge is 0.232 e. The molecule has 0 fully saturated rings. The minimum Gasteiger partial charge on any atom is -0.494 e. The standard InChI is InChI=1S/C23H23N3O3S/c1-3-14-30(27,28)26-16-12-13-21(22(15-16)29-2)25-23-17-8-4-6-10-19(17)24-20-11-7-5-9-18(20)23/h4-13,15,26H,3,14H2,1-2H3,(H,24,25). The zero-order chi connectivity index (χ0) is 21.1. The van der Waals surface area contributed by atoms with E-state index in [0.717, 1.165) is 33.2 Å². The summed E-state index contributed by atoms with van der Waals surface area (Å²) >= 11 is 0. The molecule has 30 heavy (non-hydrogen) atoms. The lowest BCUT2D eigenvalue weighted by Crippen LogP contribution is -2.16. The number of para-hydroxylation sites is 2. The maximum atomic E-state index is 12.1. The van der Waals surface area contributed by atoms with Crippen LogP contribution in [0.3, 0.4) is 0 Å². The molecule has 4 aromatic rings. The molecule has 0 aliphatic carbocycles. The lowest BCUT2D eigenvalue weighted by atomic mass is 10.1. The van der Waals surface area contributed by atoms with Crippen LogP contribution in [0.25, 0.3) is 21.8 Å². The molecular formula is C23H23N3O3S. The van der Waals surface area contributed by atoms with Gasteiger partial charge in [0.1, 0.15) is 5.75 Å². The number of fused-ring (bicyclic) bond motifs is 2. The molecule has 6 nitrogen and oxygen atoms in total. The van der Waals surface area contributed by atoms with Gasteiger partial charge in [0, 0.05) is 16.8 Å². The molecule has 0 aliphatic heterocycles. The maximum Gasteiger partial charge on any atom is 0.232 e.